The maximum atomic E-state index is 12.0. The molecule has 1 aliphatic heterocycles. The first-order valence-corrected chi connectivity index (χ1v) is 9.01. The molecule has 0 aromatic carbocycles. The lowest BCUT2D eigenvalue weighted by atomic mass is 10.1. The van der Waals surface area contributed by atoms with E-state index in [4.69, 9.17) is 26.5 Å². The summed E-state index contributed by atoms with van der Waals surface area (Å²) in [4.78, 5) is 40.6. The second kappa shape index (κ2) is 10.0. The number of aromatic nitrogens is 2. The van der Waals surface area contributed by atoms with Crippen LogP contribution in [0.25, 0.3) is 10.4 Å². The lowest BCUT2D eigenvalue weighted by molar-refractivity contribution is -0.150. The van der Waals surface area contributed by atoms with Crippen molar-refractivity contribution in [3.8, 4) is 0 Å². The third kappa shape index (κ3) is 5.42. The van der Waals surface area contributed by atoms with Gasteiger partial charge in [-0.2, -0.15) is 0 Å². The molecule has 154 valence electrons. The van der Waals surface area contributed by atoms with E-state index >= 15 is 0 Å². The van der Waals surface area contributed by atoms with E-state index in [1.54, 1.807) is 6.92 Å². The number of unbranched alkanes of at least 4 members (excludes halogenated alkanes) is 1. The summed E-state index contributed by atoms with van der Waals surface area (Å²) < 4.78 is 12.2. The van der Waals surface area contributed by atoms with Crippen LogP contribution in [0.5, 0.6) is 0 Å². The maximum Gasteiger partial charge on any atom is 0.330 e. The number of carbonyl (C=O) groups is 1. The summed E-state index contributed by atoms with van der Waals surface area (Å²) in [6.45, 7) is 1.91. The summed E-state index contributed by atoms with van der Waals surface area (Å²) in [5.41, 5.74) is 19.2. The number of hydrogen-bond donors (Lipinski definition) is 3. The van der Waals surface area contributed by atoms with E-state index in [2.05, 4.69) is 15.0 Å². The van der Waals surface area contributed by atoms with Gasteiger partial charge in [-0.25, -0.2) is 4.79 Å². The number of hydrogen-bond acceptors (Lipinski definition) is 8. The molecule has 0 bridgehead atoms. The van der Waals surface area contributed by atoms with Crippen LogP contribution in [0, 0.1) is 6.92 Å². The normalized spacial score (nSPS) is 22.5. The molecule has 0 radical (unpaired) electrons. The zero-order valence-corrected chi connectivity index (χ0v) is 15.6. The molecule has 0 spiro atoms. The number of carbonyl (C=O) groups excluding carboxylic acids is 1. The highest BCUT2D eigenvalue weighted by molar-refractivity contribution is 5.75. The van der Waals surface area contributed by atoms with Crippen molar-refractivity contribution in [1.29, 1.82) is 0 Å². The quantitative estimate of drug-likeness (QED) is 0.169. The average molecular weight is 395 g/mol. The van der Waals surface area contributed by atoms with E-state index in [-0.39, 0.29) is 13.0 Å². The van der Waals surface area contributed by atoms with Crippen LogP contribution >= 0.6 is 0 Å². The lowest BCUT2D eigenvalue weighted by Crippen LogP contribution is -2.36. The number of aromatic amines is 1. The molecule has 1 fully saturated rings. The second-order valence-electron chi connectivity index (χ2n) is 6.64. The molecule has 1 aliphatic rings. The van der Waals surface area contributed by atoms with Crippen molar-refractivity contribution >= 4 is 5.97 Å². The SMILES string of the molecule is Cc1cn([C@H]2C[C@H](N=[N+]=[N-])[C@@H](COC(=O)C(N)CCCCN)O2)c(=O)[nH]c1=O. The summed E-state index contributed by atoms with van der Waals surface area (Å²) in [5.74, 6) is -0.583. The molecular formula is C16H25N7O5. The van der Waals surface area contributed by atoms with Gasteiger partial charge in [-0.05, 0) is 31.8 Å². The molecule has 1 aromatic heterocycles. The Labute approximate surface area is 160 Å². The fourth-order valence-electron chi connectivity index (χ4n) is 2.92. The van der Waals surface area contributed by atoms with Gasteiger partial charge in [0, 0.05) is 23.1 Å². The first kappa shape index (κ1) is 21.6. The summed E-state index contributed by atoms with van der Waals surface area (Å²) in [6.07, 6.45) is 2.00. The molecule has 28 heavy (non-hydrogen) atoms. The van der Waals surface area contributed by atoms with Crippen LogP contribution in [0.3, 0.4) is 0 Å². The number of nitrogens with one attached hydrogen (secondary N) is 1. The highest BCUT2D eigenvalue weighted by Gasteiger charge is 2.37. The van der Waals surface area contributed by atoms with Gasteiger partial charge < -0.3 is 20.9 Å². The van der Waals surface area contributed by atoms with Crippen molar-refractivity contribution in [2.75, 3.05) is 13.2 Å². The molecular weight excluding hydrogens is 370 g/mol. The minimum atomic E-state index is -0.772. The Morgan fingerprint density at radius 1 is 1.54 bits per heavy atom. The third-order valence-electron chi connectivity index (χ3n) is 4.52. The van der Waals surface area contributed by atoms with Gasteiger partial charge in [0.25, 0.3) is 5.56 Å². The van der Waals surface area contributed by atoms with Gasteiger partial charge >= 0.3 is 11.7 Å². The highest BCUT2D eigenvalue weighted by atomic mass is 16.6. The molecule has 4 atom stereocenters. The molecule has 1 saturated heterocycles. The summed E-state index contributed by atoms with van der Waals surface area (Å²) in [7, 11) is 0. The Morgan fingerprint density at radius 3 is 2.96 bits per heavy atom. The van der Waals surface area contributed by atoms with Gasteiger partial charge in [0.15, 0.2) is 0 Å². The number of nitrogens with two attached hydrogens (primary N) is 2. The van der Waals surface area contributed by atoms with Crippen LogP contribution in [0.15, 0.2) is 20.9 Å². The van der Waals surface area contributed by atoms with Crippen molar-refractivity contribution in [3.05, 3.63) is 43.0 Å². The number of rotatable bonds is 9. The van der Waals surface area contributed by atoms with Gasteiger partial charge in [0.05, 0.1) is 6.04 Å². The first-order chi connectivity index (χ1) is 13.4. The van der Waals surface area contributed by atoms with E-state index < -0.39 is 41.6 Å². The number of H-pyrrole nitrogens is 1. The number of aryl methyl sites for hydroxylation is 1. The smallest absolute Gasteiger partial charge is 0.330 e. The Kier molecular flexibility index (Phi) is 7.76. The van der Waals surface area contributed by atoms with Gasteiger partial charge in [0.2, 0.25) is 0 Å². The molecule has 1 aromatic rings. The van der Waals surface area contributed by atoms with Crippen LogP contribution in [0.2, 0.25) is 0 Å². The van der Waals surface area contributed by atoms with E-state index in [1.165, 1.54) is 10.8 Å². The minimum absolute atomic E-state index is 0.166. The molecule has 0 amide bonds. The molecule has 12 nitrogen and oxygen atoms in total. The van der Waals surface area contributed by atoms with E-state index in [0.29, 0.717) is 24.9 Å². The standard InChI is InChI=1S/C16H25N7O5/c1-9-7-23(16(26)20-14(9)24)13-6-11(21-22-19)12(28-13)8-27-15(25)10(18)4-2-3-5-17/h7,10-13H,2-6,8,17-18H2,1H3,(H,20,24,26)/t10?,11-,12+,13+/m0/s1. The molecule has 1 unspecified atom stereocenters. The van der Waals surface area contributed by atoms with E-state index in [1.807, 2.05) is 0 Å². The van der Waals surface area contributed by atoms with Gasteiger partial charge in [0.1, 0.15) is 25.0 Å². The fraction of sp³-hybridized carbons (Fsp3) is 0.688. The number of nitrogens with zero attached hydrogens (tertiary/aromatic N) is 4. The van der Waals surface area contributed by atoms with Crippen molar-refractivity contribution < 1.29 is 14.3 Å². The maximum absolute atomic E-state index is 12.0. The topological polar surface area (TPSA) is 191 Å². The van der Waals surface area contributed by atoms with Gasteiger partial charge in [-0.3, -0.25) is 19.1 Å². The second-order valence-corrected chi connectivity index (χ2v) is 6.64. The van der Waals surface area contributed by atoms with Crippen LogP contribution < -0.4 is 22.7 Å². The monoisotopic (exact) mass is 395 g/mol. The highest BCUT2D eigenvalue weighted by Crippen LogP contribution is 2.30. The predicted octanol–water partition coefficient (Wildman–Crippen LogP) is -0.189. The number of esters is 1. The summed E-state index contributed by atoms with van der Waals surface area (Å²) >= 11 is 0. The Morgan fingerprint density at radius 2 is 2.29 bits per heavy atom. The van der Waals surface area contributed by atoms with Crippen molar-refractivity contribution in [3.63, 3.8) is 0 Å². The third-order valence-corrected chi connectivity index (χ3v) is 4.52. The zero-order chi connectivity index (χ0) is 20.7. The van der Waals surface area contributed by atoms with Crippen LogP contribution in [-0.4, -0.2) is 46.9 Å². The Bertz CT molecular complexity index is 845. The van der Waals surface area contributed by atoms with Crippen molar-refractivity contribution in [2.45, 2.75) is 57.0 Å². The van der Waals surface area contributed by atoms with E-state index in [0.717, 1.165) is 6.42 Å². The van der Waals surface area contributed by atoms with Crippen LogP contribution in [-0.2, 0) is 14.3 Å². The van der Waals surface area contributed by atoms with Crippen LogP contribution in [0.4, 0.5) is 0 Å². The summed E-state index contributed by atoms with van der Waals surface area (Å²) in [5, 5.41) is 3.67. The lowest BCUT2D eigenvalue weighted by Gasteiger charge is -2.18. The summed E-state index contributed by atoms with van der Waals surface area (Å²) in [6, 6.07) is -1.42. The molecule has 0 saturated carbocycles. The predicted molar refractivity (Wildman–Crippen MR) is 99.4 cm³/mol. The number of ether oxygens (including phenoxy) is 2. The number of azide groups is 1. The van der Waals surface area contributed by atoms with Crippen molar-refractivity contribution in [1.82, 2.24) is 9.55 Å². The first-order valence-electron chi connectivity index (χ1n) is 9.01. The molecule has 2 heterocycles. The van der Waals surface area contributed by atoms with Crippen molar-refractivity contribution in [2.24, 2.45) is 16.6 Å². The average Bonchev–Trinajstić information content (AvgIpc) is 3.05. The van der Waals surface area contributed by atoms with Gasteiger partial charge in [-0.15, -0.1) is 0 Å². The van der Waals surface area contributed by atoms with E-state index in [9.17, 15) is 14.4 Å². The van der Waals surface area contributed by atoms with Crippen LogP contribution in [0.1, 0.15) is 37.5 Å². The molecule has 2 rings (SSSR count). The fourth-order valence-corrected chi connectivity index (χ4v) is 2.92. The van der Waals surface area contributed by atoms with Gasteiger partial charge in [-0.1, -0.05) is 11.5 Å². The minimum Gasteiger partial charge on any atom is -0.462 e. The zero-order valence-electron chi connectivity index (χ0n) is 15.6. The molecule has 12 heteroatoms. The Hall–Kier alpha value is -2.66. The molecule has 0 aliphatic carbocycles. The largest absolute Gasteiger partial charge is 0.462 e. The molecule has 5 N–H and O–H groups in total. The Balaban J connectivity index is 2.03.